The molecule has 0 saturated heterocycles. The Morgan fingerprint density at radius 1 is 1.33 bits per heavy atom. The van der Waals surface area contributed by atoms with Crippen molar-refractivity contribution < 1.29 is 4.39 Å². The smallest absolute Gasteiger partial charge is 0.283 e. The zero-order valence-corrected chi connectivity index (χ0v) is 6.19. The topological polar surface area (TPSA) is 65.7 Å². The van der Waals surface area contributed by atoms with Gasteiger partial charge in [-0.1, -0.05) is 5.92 Å². The molecule has 12 heavy (non-hydrogen) atoms. The Kier molecular flexibility index (Phi) is 2.10. The van der Waals surface area contributed by atoms with Gasteiger partial charge in [-0.15, -0.1) is 5.92 Å². The Morgan fingerprint density at radius 3 is 2.50 bits per heavy atom. The van der Waals surface area contributed by atoms with Crippen LogP contribution in [0.1, 0.15) is 12.5 Å². The zero-order valence-electron chi connectivity index (χ0n) is 6.19. The van der Waals surface area contributed by atoms with Crippen LogP contribution in [0, 0.1) is 17.8 Å². The van der Waals surface area contributed by atoms with Crippen molar-refractivity contribution in [3.8, 4) is 11.8 Å². The predicted molar refractivity (Wildman–Crippen MR) is 40.2 cm³/mol. The summed E-state index contributed by atoms with van der Waals surface area (Å²) in [5.41, 5.74) is -2.04. The quantitative estimate of drug-likeness (QED) is 0.408. The Hall–Kier alpha value is -1.83. The summed E-state index contributed by atoms with van der Waals surface area (Å²) in [6.07, 6.45) is 0. The lowest BCUT2D eigenvalue weighted by Crippen LogP contribution is -2.26. The third kappa shape index (κ3) is 1.42. The SMILES string of the molecule is CC#Cc1c(F)[nH]c(=O)[nH]c1=O. The van der Waals surface area contributed by atoms with Gasteiger partial charge >= 0.3 is 5.69 Å². The summed E-state index contributed by atoms with van der Waals surface area (Å²) in [7, 11) is 0. The van der Waals surface area contributed by atoms with Crippen molar-refractivity contribution in [3.05, 3.63) is 32.3 Å². The van der Waals surface area contributed by atoms with Crippen LogP contribution < -0.4 is 11.2 Å². The normalized spacial score (nSPS) is 8.83. The molecular weight excluding hydrogens is 163 g/mol. The number of hydrogen-bond donors (Lipinski definition) is 2. The molecule has 0 fully saturated rings. The van der Waals surface area contributed by atoms with Crippen LogP contribution in [-0.2, 0) is 0 Å². The van der Waals surface area contributed by atoms with Crippen LogP contribution in [0.3, 0.4) is 0 Å². The molecule has 4 nitrogen and oxygen atoms in total. The van der Waals surface area contributed by atoms with Crippen molar-refractivity contribution >= 4 is 0 Å². The number of nitrogens with one attached hydrogen (secondary N) is 2. The molecule has 0 atom stereocenters. The highest BCUT2D eigenvalue weighted by molar-refractivity contribution is 5.29. The molecule has 0 bridgehead atoms. The van der Waals surface area contributed by atoms with Crippen molar-refractivity contribution in [2.75, 3.05) is 0 Å². The van der Waals surface area contributed by atoms with Gasteiger partial charge in [0.15, 0.2) is 0 Å². The fourth-order valence-electron chi connectivity index (χ4n) is 0.695. The molecule has 0 unspecified atom stereocenters. The van der Waals surface area contributed by atoms with E-state index in [1.165, 1.54) is 6.92 Å². The number of rotatable bonds is 0. The van der Waals surface area contributed by atoms with E-state index < -0.39 is 17.2 Å². The van der Waals surface area contributed by atoms with Gasteiger partial charge in [0.05, 0.1) is 0 Å². The zero-order chi connectivity index (χ0) is 9.14. The average molecular weight is 168 g/mol. The summed E-state index contributed by atoms with van der Waals surface area (Å²) in [5.74, 6) is 3.58. The maximum atomic E-state index is 12.7. The van der Waals surface area contributed by atoms with Crippen molar-refractivity contribution in [1.82, 2.24) is 9.97 Å². The monoisotopic (exact) mass is 168 g/mol. The first kappa shape index (κ1) is 8.27. The van der Waals surface area contributed by atoms with Gasteiger partial charge in [0.1, 0.15) is 5.56 Å². The van der Waals surface area contributed by atoms with Gasteiger partial charge in [-0.05, 0) is 6.92 Å². The van der Waals surface area contributed by atoms with Crippen LogP contribution in [0.15, 0.2) is 9.59 Å². The first-order chi connectivity index (χ1) is 5.65. The van der Waals surface area contributed by atoms with E-state index in [9.17, 15) is 14.0 Å². The number of aromatic nitrogens is 2. The molecule has 0 radical (unpaired) electrons. The van der Waals surface area contributed by atoms with Crippen molar-refractivity contribution in [2.24, 2.45) is 0 Å². The van der Waals surface area contributed by atoms with Gasteiger partial charge in [-0.3, -0.25) is 14.8 Å². The third-order valence-electron chi connectivity index (χ3n) is 1.15. The molecule has 0 aliphatic rings. The number of halogens is 1. The fourth-order valence-corrected chi connectivity index (χ4v) is 0.695. The summed E-state index contributed by atoms with van der Waals surface area (Å²) < 4.78 is 12.7. The van der Waals surface area contributed by atoms with Crippen LogP contribution in [0.2, 0.25) is 0 Å². The highest BCUT2D eigenvalue weighted by Gasteiger charge is 2.04. The Balaban J connectivity index is 3.56. The van der Waals surface area contributed by atoms with E-state index in [0.29, 0.717) is 0 Å². The second-order valence-electron chi connectivity index (χ2n) is 1.97. The number of H-pyrrole nitrogens is 2. The van der Waals surface area contributed by atoms with E-state index in [-0.39, 0.29) is 5.56 Å². The highest BCUT2D eigenvalue weighted by Crippen LogP contribution is 1.89. The van der Waals surface area contributed by atoms with Crippen LogP contribution in [-0.4, -0.2) is 9.97 Å². The lowest BCUT2D eigenvalue weighted by atomic mass is 10.3. The van der Waals surface area contributed by atoms with Gasteiger partial charge in [-0.2, -0.15) is 4.39 Å². The van der Waals surface area contributed by atoms with Crippen LogP contribution in [0.5, 0.6) is 0 Å². The first-order valence-corrected chi connectivity index (χ1v) is 3.10. The lowest BCUT2D eigenvalue weighted by Gasteiger charge is -1.89. The molecule has 1 rings (SSSR count). The number of hydrogen-bond acceptors (Lipinski definition) is 2. The first-order valence-electron chi connectivity index (χ1n) is 3.10. The minimum atomic E-state index is -1.00. The second-order valence-corrected chi connectivity index (χ2v) is 1.97. The molecule has 62 valence electrons. The molecule has 0 saturated carbocycles. The fraction of sp³-hybridized carbons (Fsp3) is 0.143. The molecule has 0 amide bonds. The van der Waals surface area contributed by atoms with Gasteiger partial charge in [0.25, 0.3) is 5.56 Å². The highest BCUT2D eigenvalue weighted by atomic mass is 19.1. The maximum absolute atomic E-state index is 12.7. The minimum absolute atomic E-state index is 0.350. The Morgan fingerprint density at radius 2 is 2.00 bits per heavy atom. The van der Waals surface area contributed by atoms with Gasteiger partial charge in [-0.25, -0.2) is 4.79 Å². The molecular formula is C7H5FN2O2. The second kappa shape index (κ2) is 3.05. The van der Waals surface area contributed by atoms with E-state index in [0.717, 1.165) is 0 Å². The molecule has 0 spiro atoms. The van der Waals surface area contributed by atoms with E-state index in [2.05, 4.69) is 11.8 Å². The van der Waals surface area contributed by atoms with Crippen LogP contribution in [0.4, 0.5) is 4.39 Å². The average Bonchev–Trinajstić information content (AvgIpc) is 1.96. The summed E-state index contributed by atoms with van der Waals surface area (Å²) in [4.78, 5) is 24.9. The van der Waals surface area contributed by atoms with Crippen molar-refractivity contribution in [2.45, 2.75) is 6.92 Å². The minimum Gasteiger partial charge on any atom is -0.283 e. The molecule has 0 aliphatic heterocycles. The van der Waals surface area contributed by atoms with E-state index in [1.54, 1.807) is 4.98 Å². The van der Waals surface area contributed by atoms with Gasteiger partial charge < -0.3 is 0 Å². The van der Waals surface area contributed by atoms with E-state index >= 15 is 0 Å². The standard InChI is InChI=1S/C7H5FN2O2/c1-2-3-4-5(8)9-7(12)10-6(4)11/h1H3,(H2,9,10,11,12). The molecule has 0 aliphatic carbocycles. The van der Waals surface area contributed by atoms with Crippen LogP contribution in [0.25, 0.3) is 0 Å². The molecule has 5 heteroatoms. The molecule has 2 N–H and O–H groups in total. The molecule has 1 aromatic rings. The third-order valence-corrected chi connectivity index (χ3v) is 1.15. The van der Waals surface area contributed by atoms with Crippen molar-refractivity contribution in [1.29, 1.82) is 0 Å². The molecule has 1 heterocycles. The summed E-state index contributed by atoms with van der Waals surface area (Å²) in [6.45, 7) is 1.46. The number of aromatic amines is 2. The molecule has 1 aromatic heterocycles. The van der Waals surface area contributed by atoms with E-state index in [1.807, 2.05) is 4.98 Å². The van der Waals surface area contributed by atoms with E-state index in [4.69, 9.17) is 0 Å². The summed E-state index contributed by atoms with van der Waals surface area (Å²) in [6, 6.07) is 0. The van der Waals surface area contributed by atoms with Gasteiger partial charge in [0, 0.05) is 0 Å². The lowest BCUT2D eigenvalue weighted by molar-refractivity contribution is 0.566. The summed E-state index contributed by atoms with van der Waals surface area (Å²) in [5, 5.41) is 0. The van der Waals surface area contributed by atoms with Crippen molar-refractivity contribution in [3.63, 3.8) is 0 Å². The maximum Gasteiger partial charge on any atom is 0.327 e. The molecule has 0 aromatic carbocycles. The van der Waals surface area contributed by atoms with Gasteiger partial charge in [0.2, 0.25) is 5.95 Å². The van der Waals surface area contributed by atoms with Crippen LogP contribution >= 0.6 is 0 Å². The predicted octanol–water partition coefficient (Wildman–Crippen LogP) is -0.426. The largest absolute Gasteiger partial charge is 0.327 e. The Bertz CT molecular complexity index is 461. The summed E-state index contributed by atoms with van der Waals surface area (Å²) >= 11 is 0. The Labute approximate surface area is 66.5 Å².